The molecule has 0 spiro atoms. The van der Waals surface area contributed by atoms with Crippen LogP contribution in [-0.2, 0) is 14.4 Å². The molecule has 2 aliphatic rings. The molecule has 2 fully saturated rings. The standard InChI is InChI=1S/C22H37FO4/c1-4-5-9-20(23)15(2)11-12-18-16(3)13-21-19(18)14-17(26-21)8-6-7-10-22(24)27-25/h11-12,15-21,25H,4-10,13-14H2,1-3H3/t15-,16-,17-,18-,19-,20-,21+/m1/s1. The van der Waals surface area contributed by atoms with Gasteiger partial charge in [0, 0.05) is 12.3 Å². The third-order valence-electron chi connectivity index (χ3n) is 6.44. The number of allylic oxidation sites excluding steroid dienone is 2. The summed E-state index contributed by atoms with van der Waals surface area (Å²) >= 11 is 0. The Kier molecular flexibility index (Phi) is 9.24. The number of rotatable bonds is 11. The monoisotopic (exact) mass is 384 g/mol. The van der Waals surface area contributed by atoms with Crippen molar-refractivity contribution in [3.8, 4) is 0 Å². The van der Waals surface area contributed by atoms with E-state index in [1.807, 2.05) is 6.92 Å². The second-order valence-corrected chi connectivity index (χ2v) is 8.60. The Morgan fingerprint density at radius 3 is 2.81 bits per heavy atom. The lowest BCUT2D eigenvalue weighted by Gasteiger charge is -2.20. The van der Waals surface area contributed by atoms with Crippen molar-refractivity contribution < 1.29 is 24.1 Å². The number of carbonyl (C=O) groups excluding carboxylic acids is 1. The van der Waals surface area contributed by atoms with Gasteiger partial charge in [0.1, 0.15) is 6.17 Å². The first-order valence-electron chi connectivity index (χ1n) is 10.8. The van der Waals surface area contributed by atoms with Crippen molar-refractivity contribution in [2.24, 2.45) is 23.7 Å². The van der Waals surface area contributed by atoms with Crippen LogP contribution in [0.3, 0.4) is 0 Å². The first kappa shape index (κ1) is 22.4. The second-order valence-electron chi connectivity index (χ2n) is 8.60. The van der Waals surface area contributed by atoms with Gasteiger partial charge < -0.3 is 9.62 Å². The van der Waals surface area contributed by atoms with Gasteiger partial charge in [-0.05, 0) is 49.9 Å². The van der Waals surface area contributed by atoms with Gasteiger partial charge in [0.05, 0.1) is 12.2 Å². The van der Waals surface area contributed by atoms with E-state index in [0.29, 0.717) is 36.7 Å². The fraction of sp³-hybridized carbons (Fsp3) is 0.864. The Balaban J connectivity index is 1.78. The predicted molar refractivity (Wildman–Crippen MR) is 104 cm³/mol. The highest BCUT2D eigenvalue weighted by molar-refractivity contribution is 5.68. The molecule has 156 valence electrons. The lowest BCUT2D eigenvalue weighted by molar-refractivity contribution is -0.234. The van der Waals surface area contributed by atoms with Gasteiger partial charge in [-0.15, -0.1) is 0 Å². The van der Waals surface area contributed by atoms with Crippen molar-refractivity contribution in [3.63, 3.8) is 0 Å². The van der Waals surface area contributed by atoms with Crippen molar-refractivity contribution in [2.75, 3.05) is 0 Å². The summed E-state index contributed by atoms with van der Waals surface area (Å²) in [6.07, 6.45) is 11.8. The van der Waals surface area contributed by atoms with E-state index in [0.717, 1.165) is 38.5 Å². The van der Waals surface area contributed by atoms with E-state index in [1.165, 1.54) is 0 Å². The van der Waals surface area contributed by atoms with E-state index < -0.39 is 12.1 Å². The molecule has 1 aliphatic carbocycles. The van der Waals surface area contributed by atoms with E-state index >= 15 is 0 Å². The number of carbonyl (C=O) groups is 1. The summed E-state index contributed by atoms with van der Waals surface area (Å²) in [7, 11) is 0. The number of fused-ring (bicyclic) bond motifs is 1. The van der Waals surface area contributed by atoms with Crippen molar-refractivity contribution in [2.45, 2.75) is 96.9 Å². The molecule has 27 heavy (non-hydrogen) atoms. The Labute approximate surface area is 163 Å². The SMILES string of the molecule is CCCC[C@@H](F)[C@H](C)C=C[C@H]1[C@H]2C[C@@H](CCCCC(=O)OO)O[C@H]2C[C@H]1C. The minimum Gasteiger partial charge on any atom is -0.375 e. The fourth-order valence-electron chi connectivity index (χ4n) is 4.73. The van der Waals surface area contributed by atoms with E-state index in [9.17, 15) is 9.18 Å². The maximum absolute atomic E-state index is 14.2. The van der Waals surface area contributed by atoms with Crippen LogP contribution in [0.2, 0.25) is 0 Å². The van der Waals surface area contributed by atoms with Gasteiger partial charge in [0.2, 0.25) is 0 Å². The van der Waals surface area contributed by atoms with Crippen LogP contribution in [0, 0.1) is 23.7 Å². The third kappa shape index (κ3) is 6.56. The zero-order valence-electron chi connectivity index (χ0n) is 17.1. The van der Waals surface area contributed by atoms with E-state index in [4.69, 9.17) is 9.99 Å². The lowest BCUT2D eigenvalue weighted by atomic mass is 9.85. The van der Waals surface area contributed by atoms with Crippen LogP contribution in [0.15, 0.2) is 12.2 Å². The largest absolute Gasteiger partial charge is 0.375 e. The number of hydrogen-bond acceptors (Lipinski definition) is 4. The van der Waals surface area contributed by atoms with Crippen LogP contribution in [0.1, 0.15) is 78.6 Å². The fourth-order valence-corrected chi connectivity index (χ4v) is 4.73. The Bertz CT molecular complexity index is 481. The molecule has 2 rings (SSSR count). The van der Waals surface area contributed by atoms with Gasteiger partial charge in [-0.25, -0.2) is 9.18 Å². The number of alkyl halides is 1. The smallest absolute Gasteiger partial charge is 0.342 e. The molecule has 0 aromatic rings. The average Bonchev–Trinajstić information content (AvgIpc) is 3.17. The normalized spacial score (nSPS) is 32.6. The minimum atomic E-state index is -0.744. The summed E-state index contributed by atoms with van der Waals surface area (Å²) in [5.41, 5.74) is 0. The van der Waals surface area contributed by atoms with Crippen LogP contribution < -0.4 is 0 Å². The quantitative estimate of drug-likeness (QED) is 0.214. The van der Waals surface area contributed by atoms with Crippen LogP contribution >= 0.6 is 0 Å². The molecule has 1 saturated carbocycles. The molecular formula is C22H37FO4. The lowest BCUT2D eigenvalue weighted by Crippen LogP contribution is -2.15. The summed E-state index contributed by atoms with van der Waals surface area (Å²) < 4.78 is 20.5. The summed E-state index contributed by atoms with van der Waals surface area (Å²) in [6, 6.07) is 0. The molecule has 0 amide bonds. The Morgan fingerprint density at radius 1 is 1.33 bits per heavy atom. The first-order valence-corrected chi connectivity index (χ1v) is 10.8. The molecule has 0 unspecified atom stereocenters. The molecule has 5 heteroatoms. The number of hydrogen-bond donors (Lipinski definition) is 1. The van der Waals surface area contributed by atoms with Gasteiger partial charge in [-0.1, -0.05) is 52.2 Å². The number of halogens is 1. The summed E-state index contributed by atoms with van der Waals surface area (Å²) in [5.74, 6) is 0.997. The number of unbranched alkanes of at least 4 members (excludes halogenated alkanes) is 2. The molecule has 0 radical (unpaired) electrons. The summed E-state index contributed by atoms with van der Waals surface area (Å²) in [5, 5.41) is 8.27. The summed E-state index contributed by atoms with van der Waals surface area (Å²) in [6.45, 7) is 6.36. The third-order valence-corrected chi connectivity index (χ3v) is 6.44. The van der Waals surface area contributed by atoms with Gasteiger partial charge in [0.25, 0.3) is 0 Å². The van der Waals surface area contributed by atoms with Crippen LogP contribution in [0.5, 0.6) is 0 Å². The maximum atomic E-state index is 14.2. The van der Waals surface area contributed by atoms with Gasteiger partial charge in [0.15, 0.2) is 0 Å². The van der Waals surface area contributed by atoms with Crippen LogP contribution in [0.25, 0.3) is 0 Å². The van der Waals surface area contributed by atoms with Crippen molar-refractivity contribution in [1.29, 1.82) is 0 Å². The topological polar surface area (TPSA) is 55.8 Å². The van der Waals surface area contributed by atoms with E-state index in [-0.39, 0.29) is 18.4 Å². The molecule has 1 saturated heterocycles. The molecule has 0 aromatic carbocycles. The Morgan fingerprint density at radius 2 is 2.11 bits per heavy atom. The zero-order valence-corrected chi connectivity index (χ0v) is 17.1. The van der Waals surface area contributed by atoms with Crippen LogP contribution in [-0.4, -0.2) is 29.6 Å². The average molecular weight is 385 g/mol. The molecular weight excluding hydrogens is 347 g/mol. The molecule has 1 aliphatic heterocycles. The van der Waals surface area contributed by atoms with Gasteiger partial charge in [-0.3, -0.25) is 0 Å². The zero-order chi connectivity index (χ0) is 19.8. The summed E-state index contributed by atoms with van der Waals surface area (Å²) in [4.78, 5) is 14.6. The van der Waals surface area contributed by atoms with Crippen LogP contribution in [0.4, 0.5) is 4.39 Å². The maximum Gasteiger partial charge on any atom is 0.342 e. The van der Waals surface area contributed by atoms with E-state index in [2.05, 4.69) is 30.9 Å². The van der Waals surface area contributed by atoms with Gasteiger partial charge in [-0.2, -0.15) is 5.26 Å². The predicted octanol–water partition coefficient (Wildman–Crippen LogP) is 5.71. The number of ether oxygens (including phenoxy) is 1. The highest BCUT2D eigenvalue weighted by Crippen LogP contribution is 2.48. The highest BCUT2D eigenvalue weighted by atomic mass is 19.1. The molecule has 7 atom stereocenters. The van der Waals surface area contributed by atoms with Crippen molar-refractivity contribution in [1.82, 2.24) is 0 Å². The van der Waals surface area contributed by atoms with Gasteiger partial charge >= 0.3 is 5.97 Å². The molecule has 4 nitrogen and oxygen atoms in total. The molecule has 1 N–H and O–H groups in total. The van der Waals surface area contributed by atoms with Crippen molar-refractivity contribution in [3.05, 3.63) is 12.2 Å². The second kappa shape index (κ2) is 11.2. The first-order chi connectivity index (χ1) is 13.0. The van der Waals surface area contributed by atoms with Crippen molar-refractivity contribution >= 4 is 5.97 Å². The molecule has 0 bridgehead atoms. The molecule has 0 aromatic heterocycles. The van der Waals surface area contributed by atoms with E-state index in [1.54, 1.807) is 0 Å². The minimum absolute atomic E-state index is 0.0211. The Hall–Kier alpha value is -0.940. The molecule has 1 heterocycles. The highest BCUT2D eigenvalue weighted by Gasteiger charge is 2.46.